The van der Waals surface area contributed by atoms with Crippen molar-refractivity contribution in [3.63, 3.8) is 0 Å². The lowest BCUT2D eigenvalue weighted by molar-refractivity contribution is -0.0165. The lowest BCUT2D eigenvalue weighted by atomic mass is 9.90. The Morgan fingerprint density at radius 2 is 1.92 bits per heavy atom. The molecule has 8 nitrogen and oxygen atoms in total. The second-order valence-electron chi connectivity index (χ2n) is 9.16. The van der Waals surface area contributed by atoms with Crippen LogP contribution in [0, 0.1) is 5.82 Å². The lowest BCUT2D eigenvalue weighted by Gasteiger charge is -2.51. The normalized spacial score (nSPS) is 19.7. The van der Waals surface area contributed by atoms with Crippen LogP contribution in [0.4, 0.5) is 4.39 Å². The third-order valence-electron chi connectivity index (χ3n) is 7.11. The molecule has 2 unspecified atom stereocenters. The summed E-state index contributed by atoms with van der Waals surface area (Å²) in [5.74, 6) is -0.124. The number of benzene rings is 1. The summed E-state index contributed by atoms with van der Waals surface area (Å²) >= 11 is 3.51. The van der Waals surface area contributed by atoms with Gasteiger partial charge in [0, 0.05) is 60.2 Å². The number of carbonyl (C=O) groups is 1. The maximum atomic E-state index is 14.5. The molecule has 6 heterocycles. The van der Waals surface area contributed by atoms with E-state index < -0.39 is 5.82 Å². The van der Waals surface area contributed by atoms with Crippen molar-refractivity contribution in [2.75, 3.05) is 20.2 Å². The third kappa shape index (κ3) is 4.04. The van der Waals surface area contributed by atoms with Crippen LogP contribution in [0.15, 0.2) is 59.3 Å². The summed E-state index contributed by atoms with van der Waals surface area (Å²) < 4.78 is 22.6. The average molecular weight is 551 g/mol. The number of rotatable bonds is 5. The highest BCUT2D eigenvalue weighted by Gasteiger charge is 2.42. The standard InChI is InChI=1S/C26H24BrFN6O2/c1-36-22-10-9-20(28)24(30-22)25(35)34-14-18-7-8-19(34)13-32(18)15-21-23(16-3-5-17(27)6-4-16)31-26-29-11-2-12-33(21)26/h2-6,9-12,18-19H,7-8,13-15H2,1H3. The number of nitrogens with zero attached hydrogens (tertiary/aromatic N) is 6. The zero-order valence-corrected chi connectivity index (χ0v) is 21.2. The zero-order chi connectivity index (χ0) is 24.8. The second kappa shape index (κ2) is 9.25. The van der Waals surface area contributed by atoms with Crippen LogP contribution in [0.2, 0.25) is 0 Å². The van der Waals surface area contributed by atoms with Crippen LogP contribution < -0.4 is 4.74 Å². The molecule has 0 saturated carbocycles. The van der Waals surface area contributed by atoms with Gasteiger partial charge in [0.05, 0.1) is 18.5 Å². The van der Waals surface area contributed by atoms with Crippen LogP contribution in [-0.4, -0.2) is 67.3 Å². The molecular formula is C26H24BrFN6O2. The minimum Gasteiger partial charge on any atom is -0.481 e. The highest BCUT2D eigenvalue weighted by molar-refractivity contribution is 9.10. The summed E-state index contributed by atoms with van der Waals surface area (Å²) in [4.78, 5) is 30.8. The third-order valence-corrected chi connectivity index (χ3v) is 7.64. The summed E-state index contributed by atoms with van der Waals surface area (Å²) in [6.45, 7) is 1.91. The molecule has 3 fully saturated rings. The predicted molar refractivity (Wildman–Crippen MR) is 135 cm³/mol. The summed E-state index contributed by atoms with van der Waals surface area (Å²) in [6.07, 6.45) is 5.59. The first-order valence-corrected chi connectivity index (χ1v) is 12.6. The molecule has 1 aromatic carbocycles. The first-order valence-electron chi connectivity index (χ1n) is 11.9. The number of amides is 1. The molecule has 3 saturated heterocycles. The van der Waals surface area contributed by atoms with Crippen molar-refractivity contribution < 1.29 is 13.9 Å². The number of aromatic nitrogens is 4. The zero-order valence-electron chi connectivity index (χ0n) is 19.6. The molecule has 3 aliphatic rings. The molecule has 184 valence electrons. The van der Waals surface area contributed by atoms with Gasteiger partial charge in [0.25, 0.3) is 5.91 Å². The van der Waals surface area contributed by atoms with Gasteiger partial charge in [-0.25, -0.2) is 19.3 Å². The van der Waals surface area contributed by atoms with Gasteiger partial charge in [-0.2, -0.15) is 0 Å². The average Bonchev–Trinajstić information content (AvgIpc) is 3.27. The van der Waals surface area contributed by atoms with Crippen LogP contribution in [0.25, 0.3) is 17.0 Å². The Balaban J connectivity index is 1.28. The van der Waals surface area contributed by atoms with Crippen molar-refractivity contribution in [3.8, 4) is 17.1 Å². The Bertz CT molecular complexity index is 1440. The highest BCUT2D eigenvalue weighted by Crippen LogP contribution is 2.34. The van der Waals surface area contributed by atoms with Crippen molar-refractivity contribution in [2.45, 2.75) is 31.5 Å². The number of piperazine rings is 1. The number of hydrogen-bond donors (Lipinski definition) is 0. The van der Waals surface area contributed by atoms with Crippen LogP contribution in [0.5, 0.6) is 5.88 Å². The Kier molecular flexibility index (Phi) is 5.93. The molecule has 0 radical (unpaired) electrons. The smallest absolute Gasteiger partial charge is 0.276 e. The lowest BCUT2D eigenvalue weighted by Crippen LogP contribution is -2.63. The number of hydrogen-bond acceptors (Lipinski definition) is 6. The number of halogens is 2. The van der Waals surface area contributed by atoms with E-state index >= 15 is 0 Å². The van der Waals surface area contributed by atoms with Crippen molar-refractivity contribution in [1.29, 1.82) is 0 Å². The molecule has 36 heavy (non-hydrogen) atoms. The van der Waals surface area contributed by atoms with E-state index in [1.54, 1.807) is 11.1 Å². The van der Waals surface area contributed by atoms with Crippen molar-refractivity contribution >= 4 is 27.6 Å². The summed E-state index contributed by atoms with van der Waals surface area (Å²) in [7, 11) is 1.45. The fraction of sp³-hybridized carbons (Fsp3) is 0.308. The minimum absolute atomic E-state index is 0.0108. The van der Waals surface area contributed by atoms with E-state index in [-0.39, 0.29) is 29.6 Å². The fourth-order valence-electron chi connectivity index (χ4n) is 5.30. The highest BCUT2D eigenvalue weighted by atomic mass is 79.9. The molecule has 1 amide bonds. The van der Waals surface area contributed by atoms with Crippen LogP contribution in [0.1, 0.15) is 29.0 Å². The quantitative estimate of drug-likeness (QED) is 0.371. The number of methoxy groups -OCH3 is 1. The Hall–Kier alpha value is -3.37. The molecule has 0 spiro atoms. The van der Waals surface area contributed by atoms with Crippen molar-refractivity contribution in [3.05, 3.63) is 76.5 Å². The van der Waals surface area contributed by atoms with E-state index in [9.17, 15) is 9.18 Å². The van der Waals surface area contributed by atoms with Gasteiger partial charge >= 0.3 is 0 Å². The SMILES string of the molecule is COc1ccc(F)c(C(=O)N2CC3CCC2CN3Cc2c(-c3ccc(Br)cc3)nc3ncccn23)n1. The minimum atomic E-state index is -0.628. The number of imidazole rings is 1. The van der Waals surface area contributed by atoms with Gasteiger partial charge < -0.3 is 9.64 Å². The van der Waals surface area contributed by atoms with E-state index in [4.69, 9.17) is 9.72 Å². The number of piperidine rings is 2. The van der Waals surface area contributed by atoms with Crippen molar-refractivity contribution in [1.82, 2.24) is 29.2 Å². The Labute approximate surface area is 215 Å². The van der Waals surface area contributed by atoms with E-state index in [0.29, 0.717) is 25.4 Å². The van der Waals surface area contributed by atoms with Gasteiger partial charge in [0.2, 0.25) is 11.7 Å². The molecule has 2 atom stereocenters. The molecule has 3 aromatic heterocycles. The molecule has 3 aliphatic heterocycles. The molecule has 2 bridgehead atoms. The van der Waals surface area contributed by atoms with Gasteiger partial charge in [-0.1, -0.05) is 28.1 Å². The number of pyridine rings is 1. The van der Waals surface area contributed by atoms with Gasteiger partial charge in [0.15, 0.2) is 11.5 Å². The van der Waals surface area contributed by atoms with Crippen molar-refractivity contribution in [2.24, 2.45) is 0 Å². The molecule has 0 aliphatic carbocycles. The largest absolute Gasteiger partial charge is 0.481 e. The van der Waals surface area contributed by atoms with Crippen LogP contribution in [0.3, 0.4) is 0 Å². The fourth-order valence-corrected chi connectivity index (χ4v) is 5.56. The monoisotopic (exact) mass is 550 g/mol. The number of carbonyl (C=O) groups excluding carboxylic acids is 1. The first-order chi connectivity index (χ1) is 17.5. The molecule has 4 aromatic rings. The van der Waals surface area contributed by atoms with Gasteiger partial charge in [-0.15, -0.1) is 0 Å². The predicted octanol–water partition coefficient (Wildman–Crippen LogP) is 4.19. The van der Waals surface area contributed by atoms with E-state index in [1.807, 2.05) is 40.9 Å². The Morgan fingerprint density at radius 3 is 2.67 bits per heavy atom. The maximum absolute atomic E-state index is 14.5. The Morgan fingerprint density at radius 1 is 1.11 bits per heavy atom. The molecule has 7 rings (SSSR count). The van der Waals surface area contributed by atoms with E-state index in [0.717, 1.165) is 34.3 Å². The second-order valence-corrected chi connectivity index (χ2v) is 10.1. The number of fused-ring (bicyclic) bond motifs is 4. The summed E-state index contributed by atoms with van der Waals surface area (Å²) in [6, 6.07) is 12.8. The van der Waals surface area contributed by atoms with Gasteiger partial charge in [0.1, 0.15) is 0 Å². The van der Waals surface area contributed by atoms with E-state index in [2.05, 4.69) is 30.8 Å². The topological polar surface area (TPSA) is 75.9 Å². The van der Waals surface area contributed by atoms with Crippen LogP contribution >= 0.6 is 15.9 Å². The number of ether oxygens (including phenoxy) is 1. The summed E-state index contributed by atoms with van der Waals surface area (Å²) in [5, 5.41) is 0. The molecule has 0 N–H and O–H groups in total. The van der Waals surface area contributed by atoms with Crippen LogP contribution in [-0.2, 0) is 6.54 Å². The summed E-state index contributed by atoms with van der Waals surface area (Å²) in [5.41, 5.74) is 2.81. The maximum Gasteiger partial charge on any atom is 0.276 e. The molecule has 10 heteroatoms. The molecular weight excluding hydrogens is 527 g/mol. The first kappa shape index (κ1) is 23.1. The van der Waals surface area contributed by atoms with Gasteiger partial charge in [-0.3, -0.25) is 14.1 Å². The van der Waals surface area contributed by atoms with E-state index in [1.165, 1.54) is 19.2 Å². The van der Waals surface area contributed by atoms with Gasteiger partial charge in [-0.05, 0) is 37.1 Å².